The lowest BCUT2D eigenvalue weighted by atomic mass is 10.1. The van der Waals surface area contributed by atoms with Gasteiger partial charge in [-0.15, -0.1) is 24.0 Å². The van der Waals surface area contributed by atoms with Gasteiger partial charge in [-0.2, -0.15) is 0 Å². The molecule has 0 aliphatic carbocycles. The Morgan fingerprint density at radius 1 is 1.17 bits per heavy atom. The minimum absolute atomic E-state index is 0. The number of rotatable bonds is 8. The molecule has 0 unspecified atom stereocenters. The summed E-state index contributed by atoms with van der Waals surface area (Å²) in [4.78, 5) is 8.58. The summed E-state index contributed by atoms with van der Waals surface area (Å²) in [5.74, 6) is 1.40. The van der Waals surface area contributed by atoms with E-state index in [-0.39, 0.29) is 24.0 Å². The van der Waals surface area contributed by atoms with Gasteiger partial charge in [0, 0.05) is 31.4 Å². The van der Waals surface area contributed by atoms with E-state index in [1.165, 1.54) is 5.56 Å². The molecule has 0 spiro atoms. The van der Waals surface area contributed by atoms with E-state index < -0.39 is 0 Å². The zero-order chi connectivity index (χ0) is 16.3. The summed E-state index contributed by atoms with van der Waals surface area (Å²) in [6.45, 7) is 4.01. The third-order valence-electron chi connectivity index (χ3n) is 3.35. The Bertz CT molecular complexity index is 619. The normalized spacial score (nSPS) is 10.8. The SMILES string of the molecule is CCOc1ccccc1CCNC(N)=NCCc1ccccn1.I. The van der Waals surface area contributed by atoms with Gasteiger partial charge in [0.05, 0.1) is 6.61 Å². The highest BCUT2D eigenvalue weighted by Gasteiger charge is 2.02. The lowest BCUT2D eigenvalue weighted by Crippen LogP contribution is -2.33. The summed E-state index contributed by atoms with van der Waals surface area (Å²) in [6.07, 6.45) is 3.42. The topological polar surface area (TPSA) is 72.5 Å². The van der Waals surface area contributed by atoms with E-state index in [9.17, 15) is 0 Å². The summed E-state index contributed by atoms with van der Waals surface area (Å²) in [6, 6.07) is 13.9. The second kappa shape index (κ2) is 11.7. The molecule has 0 aliphatic heterocycles. The van der Waals surface area contributed by atoms with Gasteiger partial charge in [-0.3, -0.25) is 9.98 Å². The Morgan fingerprint density at radius 3 is 2.71 bits per heavy atom. The molecule has 0 atom stereocenters. The molecule has 0 bridgehead atoms. The number of halogens is 1. The van der Waals surface area contributed by atoms with Crippen molar-refractivity contribution < 1.29 is 4.74 Å². The molecule has 0 saturated carbocycles. The maximum atomic E-state index is 5.89. The molecule has 0 amide bonds. The Balaban J connectivity index is 0.00000288. The van der Waals surface area contributed by atoms with E-state index in [0.717, 1.165) is 30.8 Å². The lowest BCUT2D eigenvalue weighted by molar-refractivity contribution is 0.336. The highest BCUT2D eigenvalue weighted by atomic mass is 127. The van der Waals surface area contributed by atoms with Gasteiger partial charge >= 0.3 is 0 Å². The average molecular weight is 440 g/mol. The van der Waals surface area contributed by atoms with E-state index in [4.69, 9.17) is 10.5 Å². The van der Waals surface area contributed by atoms with Gasteiger partial charge in [-0.25, -0.2) is 0 Å². The number of hydrogen-bond acceptors (Lipinski definition) is 3. The van der Waals surface area contributed by atoms with Crippen LogP contribution in [-0.4, -0.2) is 30.6 Å². The van der Waals surface area contributed by atoms with Crippen LogP contribution in [0.3, 0.4) is 0 Å². The maximum absolute atomic E-state index is 5.89. The lowest BCUT2D eigenvalue weighted by Gasteiger charge is -2.10. The van der Waals surface area contributed by atoms with Gasteiger partial charge in [-0.05, 0) is 37.1 Å². The molecule has 5 nitrogen and oxygen atoms in total. The molecule has 0 fully saturated rings. The second-order valence-corrected chi connectivity index (χ2v) is 5.06. The zero-order valence-electron chi connectivity index (χ0n) is 13.9. The molecule has 2 rings (SSSR count). The van der Waals surface area contributed by atoms with E-state index in [1.54, 1.807) is 6.20 Å². The molecule has 0 saturated heterocycles. The summed E-state index contributed by atoms with van der Waals surface area (Å²) in [5, 5.41) is 3.14. The number of nitrogens with one attached hydrogen (secondary N) is 1. The largest absolute Gasteiger partial charge is 0.494 e. The number of nitrogens with two attached hydrogens (primary N) is 1. The van der Waals surface area contributed by atoms with Crippen molar-refractivity contribution in [3.05, 3.63) is 59.9 Å². The second-order valence-electron chi connectivity index (χ2n) is 5.06. The van der Waals surface area contributed by atoms with Crippen LogP contribution in [0.1, 0.15) is 18.2 Å². The number of para-hydroxylation sites is 1. The Hall–Kier alpha value is -1.83. The average Bonchev–Trinajstić information content (AvgIpc) is 2.58. The van der Waals surface area contributed by atoms with Crippen molar-refractivity contribution in [2.45, 2.75) is 19.8 Å². The highest BCUT2D eigenvalue weighted by Crippen LogP contribution is 2.17. The van der Waals surface area contributed by atoms with Crippen molar-refractivity contribution >= 4 is 29.9 Å². The minimum Gasteiger partial charge on any atom is -0.494 e. The molecule has 6 heteroatoms. The van der Waals surface area contributed by atoms with Crippen LogP contribution in [0.2, 0.25) is 0 Å². The Kier molecular flexibility index (Phi) is 9.83. The summed E-state index contributed by atoms with van der Waals surface area (Å²) in [5.41, 5.74) is 8.08. The molecular formula is C18H25IN4O. The molecule has 1 heterocycles. The first-order valence-electron chi connectivity index (χ1n) is 7.94. The van der Waals surface area contributed by atoms with Crippen molar-refractivity contribution in [2.24, 2.45) is 10.7 Å². The van der Waals surface area contributed by atoms with Crippen molar-refractivity contribution in [3.8, 4) is 5.75 Å². The summed E-state index contributed by atoms with van der Waals surface area (Å²) >= 11 is 0. The number of aliphatic imine (C=N–C) groups is 1. The van der Waals surface area contributed by atoms with Gasteiger partial charge in [0.2, 0.25) is 0 Å². The van der Waals surface area contributed by atoms with Crippen molar-refractivity contribution in [3.63, 3.8) is 0 Å². The molecule has 1 aromatic carbocycles. The molecule has 130 valence electrons. The first-order valence-corrected chi connectivity index (χ1v) is 7.94. The highest BCUT2D eigenvalue weighted by molar-refractivity contribution is 14.0. The van der Waals surface area contributed by atoms with E-state index in [0.29, 0.717) is 19.1 Å². The first kappa shape index (κ1) is 20.2. The number of guanidine groups is 1. The van der Waals surface area contributed by atoms with Crippen molar-refractivity contribution in [1.82, 2.24) is 10.3 Å². The zero-order valence-corrected chi connectivity index (χ0v) is 16.3. The maximum Gasteiger partial charge on any atom is 0.188 e. The Morgan fingerprint density at radius 2 is 1.96 bits per heavy atom. The molecule has 0 radical (unpaired) electrons. The fraction of sp³-hybridized carbons (Fsp3) is 0.333. The van der Waals surface area contributed by atoms with Gasteiger partial charge in [0.15, 0.2) is 5.96 Å². The van der Waals surface area contributed by atoms with Crippen LogP contribution in [0, 0.1) is 0 Å². The van der Waals surface area contributed by atoms with E-state index in [1.807, 2.05) is 43.3 Å². The van der Waals surface area contributed by atoms with Crippen molar-refractivity contribution in [2.75, 3.05) is 19.7 Å². The Labute approximate surface area is 160 Å². The van der Waals surface area contributed by atoms with Gasteiger partial charge in [0.25, 0.3) is 0 Å². The van der Waals surface area contributed by atoms with Crippen LogP contribution < -0.4 is 15.8 Å². The van der Waals surface area contributed by atoms with Crippen LogP contribution in [-0.2, 0) is 12.8 Å². The summed E-state index contributed by atoms with van der Waals surface area (Å²) in [7, 11) is 0. The minimum atomic E-state index is 0. The van der Waals surface area contributed by atoms with Crippen LogP contribution in [0.4, 0.5) is 0 Å². The molecule has 2 aromatic rings. The molecule has 3 N–H and O–H groups in total. The molecule has 24 heavy (non-hydrogen) atoms. The monoisotopic (exact) mass is 440 g/mol. The van der Waals surface area contributed by atoms with Crippen LogP contribution in [0.25, 0.3) is 0 Å². The first-order chi connectivity index (χ1) is 11.3. The van der Waals surface area contributed by atoms with Gasteiger partial charge in [-0.1, -0.05) is 24.3 Å². The number of ether oxygens (including phenoxy) is 1. The third kappa shape index (κ3) is 7.16. The number of benzene rings is 1. The van der Waals surface area contributed by atoms with Crippen LogP contribution >= 0.6 is 24.0 Å². The molecule has 1 aromatic heterocycles. The quantitative estimate of drug-likeness (QED) is 0.376. The fourth-order valence-electron chi connectivity index (χ4n) is 2.22. The van der Waals surface area contributed by atoms with Crippen LogP contribution in [0.5, 0.6) is 5.75 Å². The van der Waals surface area contributed by atoms with Crippen molar-refractivity contribution in [1.29, 1.82) is 0 Å². The number of pyridine rings is 1. The number of nitrogens with zero attached hydrogens (tertiary/aromatic N) is 2. The third-order valence-corrected chi connectivity index (χ3v) is 3.35. The predicted molar refractivity (Wildman–Crippen MR) is 109 cm³/mol. The molecule has 0 aliphatic rings. The fourth-order valence-corrected chi connectivity index (χ4v) is 2.22. The van der Waals surface area contributed by atoms with E-state index in [2.05, 4.69) is 21.4 Å². The van der Waals surface area contributed by atoms with Crippen LogP contribution in [0.15, 0.2) is 53.7 Å². The van der Waals surface area contributed by atoms with Gasteiger partial charge < -0.3 is 15.8 Å². The van der Waals surface area contributed by atoms with E-state index >= 15 is 0 Å². The van der Waals surface area contributed by atoms with Gasteiger partial charge in [0.1, 0.15) is 5.75 Å². The number of hydrogen-bond donors (Lipinski definition) is 2. The summed E-state index contributed by atoms with van der Waals surface area (Å²) < 4.78 is 5.61. The molecular weight excluding hydrogens is 415 g/mol. The predicted octanol–water partition coefficient (Wildman–Crippen LogP) is 2.79. The standard InChI is InChI=1S/C18H24N4O.HI/c1-2-23-17-9-4-3-7-15(17)10-13-21-18(19)22-14-11-16-8-5-6-12-20-16;/h3-9,12H,2,10-11,13-14H2,1H3,(H3,19,21,22);1H. The number of aromatic nitrogens is 1. The smallest absolute Gasteiger partial charge is 0.188 e.